The molecule has 1 amide bonds. The predicted octanol–water partition coefficient (Wildman–Crippen LogP) is 3.88. The first-order chi connectivity index (χ1) is 15.6. The number of rotatable bonds is 5. The summed E-state index contributed by atoms with van der Waals surface area (Å²) in [5.74, 6) is 0.528. The van der Waals surface area contributed by atoms with Gasteiger partial charge < -0.3 is 5.32 Å². The first kappa shape index (κ1) is 20.3. The molecule has 5 rings (SSSR count). The molecule has 7 heteroatoms. The van der Waals surface area contributed by atoms with Crippen LogP contribution < -0.4 is 5.32 Å². The van der Waals surface area contributed by atoms with Crippen LogP contribution >= 0.6 is 0 Å². The summed E-state index contributed by atoms with van der Waals surface area (Å²) >= 11 is 0. The van der Waals surface area contributed by atoms with E-state index in [1.54, 1.807) is 4.68 Å². The van der Waals surface area contributed by atoms with Crippen molar-refractivity contribution in [3.63, 3.8) is 0 Å². The maximum atomic E-state index is 12.9. The fraction of sp³-hybridized carbons (Fsp3) is 0.280. The van der Waals surface area contributed by atoms with E-state index in [1.807, 2.05) is 43.7 Å². The van der Waals surface area contributed by atoms with Crippen LogP contribution in [-0.2, 0) is 18.4 Å². The second-order valence-electron chi connectivity index (χ2n) is 8.43. The van der Waals surface area contributed by atoms with E-state index in [-0.39, 0.29) is 11.8 Å². The molecule has 7 nitrogen and oxygen atoms in total. The molecule has 1 saturated heterocycles. The molecule has 1 fully saturated rings. The number of anilines is 1. The van der Waals surface area contributed by atoms with Crippen LogP contribution in [0.1, 0.15) is 18.4 Å². The van der Waals surface area contributed by atoms with Crippen LogP contribution in [0.4, 0.5) is 5.82 Å². The van der Waals surface area contributed by atoms with Crippen LogP contribution in [0.2, 0.25) is 0 Å². The summed E-state index contributed by atoms with van der Waals surface area (Å²) in [6.45, 7) is 2.78. The SMILES string of the molecule is Cn1cc(-c2ccc3nnc(NC(=O)C4CCN(Cc5ccccc5)CC4)cc3c2)cn1. The van der Waals surface area contributed by atoms with Crippen LogP contribution in [0.3, 0.4) is 0 Å². The molecule has 2 aromatic carbocycles. The lowest BCUT2D eigenvalue weighted by Crippen LogP contribution is -2.37. The molecule has 0 saturated carbocycles. The Kier molecular flexibility index (Phi) is 5.64. The Bertz CT molecular complexity index is 1230. The molecule has 32 heavy (non-hydrogen) atoms. The van der Waals surface area contributed by atoms with Crippen LogP contribution in [0, 0.1) is 5.92 Å². The molecule has 4 aromatic rings. The van der Waals surface area contributed by atoms with Gasteiger partial charge in [0.1, 0.15) is 0 Å². The van der Waals surface area contributed by atoms with E-state index in [9.17, 15) is 4.79 Å². The summed E-state index contributed by atoms with van der Waals surface area (Å²) in [4.78, 5) is 15.3. The average molecular weight is 427 g/mol. The van der Waals surface area contributed by atoms with Gasteiger partial charge in [0.25, 0.3) is 0 Å². The van der Waals surface area contributed by atoms with Crippen molar-refractivity contribution in [2.75, 3.05) is 18.4 Å². The van der Waals surface area contributed by atoms with E-state index in [2.05, 4.69) is 55.8 Å². The molecule has 0 bridgehead atoms. The largest absolute Gasteiger partial charge is 0.309 e. The standard InChI is InChI=1S/C25H26N6O/c1-30-17-22(15-26-30)20-7-8-23-21(13-20)14-24(29-28-23)27-25(32)19-9-11-31(12-10-19)16-18-5-3-2-4-6-18/h2-8,13-15,17,19H,9-12,16H2,1H3,(H,27,29,32). The van der Waals surface area contributed by atoms with Gasteiger partial charge in [0.2, 0.25) is 5.91 Å². The van der Waals surface area contributed by atoms with Gasteiger partial charge in [-0.25, -0.2) is 0 Å². The number of fused-ring (bicyclic) bond motifs is 1. The number of hydrogen-bond donors (Lipinski definition) is 1. The smallest absolute Gasteiger partial charge is 0.228 e. The lowest BCUT2D eigenvalue weighted by atomic mass is 9.95. The number of nitrogens with zero attached hydrogens (tertiary/aromatic N) is 5. The number of likely N-dealkylation sites (tertiary alicyclic amines) is 1. The van der Waals surface area contributed by atoms with Gasteiger partial charge >= 0.3 is 0 Å². The van der Waals surface area contributed by atoms with Crippen LogP contribution in [0.25, 0.3) is 22.0 Å². The highest BCUT2D eigenvalue weighted by atomic mass is 16.2. The zero-order valence-corrected chi connectivity index (χ0v) is 18.1. The van der Waals surface area contributed by atoms with Crippen molar-refractivity contribution < 1.29 is 4.79 Å². The quantitative estimate of drug-likeness (QED) is 0.524. The number of benzene rings is 2. The Balaban J connectivity index is 1.22. The van der Waals surface area contributed by atoms with Crippen molar-refractivity contribution in [1.29, 1.82) is 0 Å². The number of carbonyl (C=O) groups is 1. The van der Waals surface area contributed by atoms with Gasteiger partial charge in [-0.15, -0.1) is 10.2 Å². The molecule has 1 aliphatic rings. The first-order valence-electron chi connectivity index (χ1n) is 11.0. The lowest BCUT2D eigenvalue weighted by Gasteiger charge is -2.31. The number of carbonyl (C=O) groups excluding carboxylic acids is 1. The summed E-state index contributed by atoms with van der Waals surface area (Å²) in [7, 11) is 1.90. The normalized spacial score (nSPS) is 15.2. The van der Waals surface area contributed by atoms with Gasteiger partial charge in [-0.3, -0.25) is 14.4 Å². The van der Waals surface area contributed by atoms with Crippen LogP contribution in [-0.4, -0.2) is 43.9 Å². The third-order valence-corrected chi connectivity index (χ3v) is 6.08. The van der Waals surface area contributed by atoms with E-state index in [0.29, 0.717) is 5.82 Å². The zero-order valence-electron chi connectivity index (χ0n) is 18.1. The zero-order chi connectivity index (χ0) is 21.9. The Morgan fingerprint density at radius 1 is 1.03 bits per heavy atom. The minimum atomic E-state index is 0.00116. The maximum Gasteiger partial charge on any atom is 0.228 e. The number of nitrogens with one attached hydrogen (secondary N) is 1. The molecule has 0 spiro atoms. The van der Waals surface area contributed by atoms with Gasteiger partial charge in [-0.2, -0.15) is 5.10 Å². The Morgan fingerprint density at radius 3 is 2.59 bits per heavy atom. The lowest BCUT2D eigenvalue weighted by molar-refractivity contribution is -0.121. The van der Waals surface area contributed by atoms with Crippen molar-refractivity contribution >= 4 is 22.6 Å². The van der Waals surface area contributed by atoms with Crippen molar-refractivity contribution in [3.05, 3.63) is 72.6 Å². The molecule has 1 N–H and O–H groups in total. The average Bonchev–Trinajstić information content (AvgIpc) is 3.26. The summed E-state index contributed by atoms with van der Waals surface area (Å²) in [6.07, 6.45) is 5.51. The van der Waals surface area contributed by atoms with Crippen molar-refractivity contribution in [1.82, 2.24) is 24.9 Å². The van der Waals surface area contributed by atoms with Crippen molar-refractivity contribution in [3.8, 4) is 11.1 Å². The minimum absolute atomic E-state index is 0.00116. The van der Waals surface area contributed by atoms with Gasteiger partial charge in [-0.05, 0) is 55.3 Å². The number of hydrogen-bond acceptors (Lipinski definition) is 5. The highest BCUT2D eigenvalue weighted by molar-refractivity contribution is 5.94. The second kappa shape index (κ2) is 8.88. The molecular weight excluding hydrogens is 400 g/mol. The maximum absolute atomic E-state index is 12.9. The van der Waals surface area contributed by atoms with Gasteiger partial charge in [0.15, 0.2) is 5.82 Å². The molecule has 3 heterocycles. The molecule has 1 aliphatic heterocycles. The number of piperidine rings is 1. The Morgan fingerprint density at radius 2 is 1.84 bits per heavy atom. The van der Waals surface area contributed by atoms with E-state index >= 15 is 0 Å². The van der Waals surface area contributed by atoms with Gasteiger partial charge in [0.05, 0.1) is 11.7 Å². The Labute approximate surface area is 187 Å². The van der Waals surface area contributed by atoms with Gasteiger partial charge in [-0.1, -0.05) is 36.4 Å². The fourth-order valence-corrected chi connectivity index (χ4v) is 4.28. The fourth-order valence-electron chi connectivity index (χ4n) is 4.28. The van der Waals surface area contributed by atoms with Crippen molar-refractivity contribution in [2.45, 2.75) is 19.4 Å². The van der Waals surface area contributed by atoms with Crippen LogP contribution in [0.5, 0.6) is 0 Å². The number of aromatic nitrogens is 4. The summed E-state index contributed by atoms with van der Waals surface area (Å²) < 4.78 is 1.78. The van der Waals surface area contributed by atoms with E-state index in [4.69, 9.17) is 0 Å². The van der Waals surface area contributed by atoms with E-state index < -0.39 is 0 Å². The molecule has 0 radical (unpaired) electrons. The third-order valence-electron chi connectivity index (χ3n) is 6.08. The summed E-state index contributed by atoms with van der Waals surface area (Å²) in [5, 5.41) is 16.7. The highest BCUT2D eigenvalue weighted by Gasteiger charge is 2.25. The van der Waals surface area contributed by atoms with E-state index in [1.165, 1.54) is 5.56 Å². The molecule has 2 aromatic heterocycles. The molecule has 162 valence electrons. The summed E-state index contributed by atoms with van der Waals surface area (Å²) in [5.41, 5.74) is 4.21. The summed E-state index contributed by atoms with van der Waals surface area (Å²) in [6, 6.07) is 18.4. The number of aryl methyl sites for hydroxylation is 1. The molecule has 0 aliphatic carbocycles. The molecular formula is C25H26N6O. The second-order valence-corrected chi connectivity index (χ2v) is 8.43. The topological polar surface area (TPSA) is 75.9 Å². The van der Waals surface area contributed by atoms with E-state index in [0.717, 1.165) is 54.5 Å². The first-order valence-corrected chi connectivity index (χ1v) is 11.0. The third kappa shape index (κ3) is 4.53. The Hall–Kier alpha value is -3.58. The predicted molar refractivity (Wildman–Crippen MR) is 125 cm³/mol. The minimum Gasteiger partial charge on any atom is -0.309 e. The molecule has 0 unspecified atom stereocenters. The number of amides is 1. The van der Waals surface area contributed by atoms with Crippen LogP contribution in [0.15, 0.2) is 67.0 Å². The van der Waals surface area contributed by atoms with Crippen molar-refractivity contribution in [2.24, 2.45) is 13.0 Å². The monoisotopic (exact) mass is 426 g/mol. The van der Waals surface area contributed by atoms with Gasteiger partial charge in [0, 0.05) is 36.7 Å². The highest BCUT2D eigenvalue weighted by Crippen LogP contribution is 2.25. The molecule has 0 atom stereocenters.